The summed E-state index contributed by atoms with van der Waals surface area (Å²) in [7, 11) is -3.44. The first-order valence-electron chi connectivity index (χ1n) is 8.99. The molecule has 1 aromatic rings. The lowest BCUT2D eigenvalue weighted by atomic mass is 10.2. The fraction of sp³-hybridized carbons (Fsp3) is 0.647. The van der Waals surface area contributed by atoms with Crippen molar-refractivity contribution in [1.82, 2.24) is 9.88 Å². The van der Waals surface area contributed by atoms with Crippen molar-refractivity contribution in [3.63, 3.8) is 0 Å². The van der Waals surface area contributed by atoms with Crippen LogP contribution >= 0.6 is 11.6 Å². The molecule has 0 saturated carbocycles. The first-order valence-corrected chi connectivity index (χ1v) is 11.2. The minimum Gasteiger partial charge on any atom is -0.352 e. The number of amides is 1. The molecular formula is C17H23ClF3N3O3S. The average molecular weight is 442 g/mol. The van der Waals surface area contributed by atoms with Gasteiger partial charge in [-0.2, -0.15) is 13.2 Å². The summed E-state index contributed by atoms with van der Waals surface area (Å²) >= 11 is 5.95. The van der Waals surface area contributed by atoms with Gasteiger partial charge in [-0.3, -0.25) is 4.79 Å². The predicted octanol–water partition coefficient (Wildman–Crippen LogP) is 3.01. The Kier molecular flexibility index (Phi) is 7.55. The Balaban J connectivity index is 1.93. The standard InChI is InChI=1S/C17H23ClF3N3O3S/c1-2-3-4-9-28(26,27)12-15(25)23-5-7-24(8-6-23)16-14(18)10-13(11-22-16)17(19,20)21/h10-11H,2-9,12H2,1H3. The number of pyridine rings is 1. The molecule has 1 aromatic heterocycles. The molecule has 0 atom stereocenters. The van der Waals surface area contributed by atoms with Crippen LogP contribution in [-0.2, 0) is 20.8 Å². The van der Waals surface area contributed by atoms with E-state index in [1.165, 1.54) is 4.90 Å². The van der Waals surface area contributed by atoms with Crippen LogP contribution in [0.15, 0.2) is 12.3 Å². The van der Waals surface area contributed by atoms with Gasteiger partial charge in [0.05, 0.1) is 16.3 Å². The van der Waals surface area contributed by atoms with Crippen molar-refractivity contribution in [2.75, 3.05) is 42.6 Å². The molecule has 1 aliphatic heterocycles. The van der Waals surface area contributed by atoms with Crippen molar-refractivity contribution in [2.24, 2.45) is 0 Å². The molecule has 1 amide bonds. The number of sulfone groups is 1. The molecule has 2 rings (SSSR count). The van der Waals surface area contributed by atoms with Crippen LogP contribution in [0.5, 0.6) is 0 Å². The highest BCUT2D eigenvalue weighted by Gasteiger charge is 2.32. The Morgan fingerprint density at radius 2 is 1.86 bits per heavy atom. The van der Waals surface area contributed by atoms with Crippen LogP contribution in [0.1, 0.15) is 31.7 Å². The quantitative estimate of drug-likeness (QED) is 0.608. The fourth-order valence-electron chi connectivity index (χ4n) is 2.91. The molecule has 158 valence electrons. The van der Waals surface area contributed by atoms with Crippen molar-refractivity contribution in [1.29, 1.82) is 0 Å². The van der Waals surface area contributed by atoms with E-state index >= 15 is 0 Å². The maximum absolute atomic E-state index is 12.7. The van der Waals surface area contributed by atoms with Gasteiger partial charge in [-0.05, 0) is 12.5 Å². The van der Waals surface area contributed by atoms with Crippen molar-refractivity contribution in [3.8, 4) is 0 Å². The molecule has 6 nitrogen and oxygen atoms in total. The van der Waals surface area contributed by atoms with Gasteiger partial charge >= 0.3 is 6.18 Å². The number of piperazine rings is 1. The van der Waals surface area contributed by atoms with E-state index in [0.717, 1.165) is 25.1 Å². The molecular weight excluding hydrogens is 419 g/mol. The van der Waals surface area contributed by atoms with Crippen LogP contribution in [0.4, 0.5) is 19.0 Å². The number of hydrogen-bond donors (Lipinski definition) is 0. The van der Waals surface area contributed by atoms with Crippen molar-refractivity contribution >= 4 is 33.2 Å². The second kappa shape index (κ2) is 9.30. The Labute approximate surface area is 167 Å². The van der Waals surface area contributed by atoms with E-state index in [1.807, 2.05) is 6.92 Å². The van der Waals surface area contributed by atoms with Crippen molar-refractivity contribution in [2.45, 2.75) is 32.4 Å². The molecule has 28 heavy (non-hydrogen) atoms. The van der Waals surface area contributed by atoms with Crippen LogP contribution in [0, 0.1) is 0 Å². The summed E-state index contributed by atoms with van der Waals surface area (Å²) in [6.07, 6.45) is -1.57. The number of aromatic nitrogens is 1. The number of alkyl halides is 3. The first-order chi connectivity index (χ1) is 13.0. The number of nitrogens with zero attached hydrogens (tertiary/aromatic N) is 3. The highest BCUT2D eigenvalue weighted by molar-refractivity contribution is 7.92. The fourth-order valence-corrected chi connectivity index (χ4v) is 4.54. The maximum Gasteiger partial charge on any atom is 0.417 e. The molecule has 0 unspecified atom stereocenters. The van der Waals surface area contributed by atoms with Crippen LogP contribution < -0.4 is 4.90 Å². The molecule has 11 heteroatoms. The number of anilines is 1. The first kappa shape index (κ1) is 22.7. The number of unbranched alkanes of at least 4 members (excludes halogenated alkanes) is 2. The third-order valence-electron chi connectivity index (χ3n) is 4.48. The Morgan fingerprint density at radius 3 is 2.39 bits per heavy atom. The van der Waals surface area contributed by atoms with Crippen molar-refractivity contribution < 1.29 is 26.4 Å². The molecule has 0 bridgehead atoms. The van der Waals surface area contributed by atoms with Gasteiger partial charge in [0.25, 0.3) is 0 Å². The summed E-state index contributed by atoms with van der Waals surface area (Å²) in [5, 5.41) is -0.117. The molecule has 0 radical (unpaired) electrons. The van der Waals surface area contributed by atoms with Crippen LogP contribution in [0.25, 0.3) is 0 Å². The van der Waals surface area contributed by atoms with E-state index in [2.05, 4.69) is 4.98 Å². The smallest absolute Gasteiger partial charge is 0.352 e. The van der Waals surface area contributed by atoms with Gasteiger partial charge in [-0.1, -0.05) is 31.4 Å². The second-order valence-electron chi connectivity index (χ2n) is 6.69. The predicted molar refractivity (Wildman–Crippen MR) is 101 cm³/mol. The molecule has 0 aromatic carbocycles. The molecule has 0 N–H and O–H groups in total. The second-order valence-corrected chi connectivity index (χ2v) is 9.29. The molecule has 1 saturated heterocycles. The minimum atomic E-state index is -4.52. The highest BCUT2D eigenvalue weighted by Crippen LogP contribution is 2.33. The van der Waals surface area contributed by atoms with Gasteiger partial charge in [0.15, 0.2) is 9.84 Å². The average Bonchev–Trinajstić information content (AvgIpc) is 2.60. The lowest BCUT2D eigenvalue weighted by molar-refractivity contribution is -0.137. The van der Waals surface area contributed by atoms with Gasteiger partial charge in [0.2, 0.25) is 5.91 Å². The molecule has 0 spiro atoms. The summed E-state index contributed by atoms with van der Waals surface area (Å²) in [5.74, 6) is -0.759. The number of halogens is 4. The van der Waals surface area contributed by atoms with Crippen LogP contribution in [0.3, 0.4) is 0 Å². The van der Waals surface area contributed by atoms with Crippen molar-refractivity contribution in [3.05, 3.63) is 22.8 Å². The van der Waals surface area contributed by atoms with Crippen LogP contribution in [0.2, 0.25) is 5.02 Å². The zero-order valence-electron chi connectivity index (χ0n) is 15.5. The van der Waals surface area contributed by atoms with Gasteiger partial charge < -0.3 is 9.80 Å². The SMILES string of the molecule is CCCCCS(=O)(=O)CC(=O)N1CCN(c2ncc(C(F)(F)F)cc2Cl)CC1. The number of hydrogen-bond acceptors (Lipinski definition) is 5. The van der Waals surface area contributed by atoms with E-state index in [1.54, 1.807) is 4.90 Å². The van der Waals surface area contributed by atoms with Gasteiger partial charge in [-0.15, -0.1) is 0 Å². The number of rotatable bonds is 7. The largest absolute Gasteiger partial charge is 0.417 e. The summed E-state index contributed by atoms with van der Waals surface area (Å²) in [6, 6.07) is 0.824. The monoisotopic (exact) mass is 441 g/mol. The number of carbonyl (C=O) groups excluding carboxylic acids is 1. The number of carbonyl (C=O) groups is 1. The van der Waals surface area contributed by atoms with Gasteiger partial charge in [0.1, 0.15) is 11.6 Å². The lowest BCUT2D eigenvalue weighted by Gasteiger charge is -2.35. The maximum atomic E-state index is 12.7. The van der Waals surface area contributed by atoms with E-state index in [9.17, 15) is 26.4 Å². The zero-order valence-corrected chi connectivity index (χ0v) is 17.1. The normalized spacial score (nSPS) is 15.8. The molecule has 1 aliphatic rings. The Morgan fingerprint density at radius 1 is 1.21 bits per heavy atom. The summed E-state index contributed by atoms with van der Waals surface area (Å²) < 4.78 is 62.2. The van der Waals surface area contributed by atoms with Crippen LogP contribution in [-0.4, -0.2) is 61.9 Å². The Hall–Kier alpha value is -1.55. The van der Waals surface area contributed by atoms with E-state index in [-0.39, 0.29) is 29.7 Å². The van der Waals surface area contributed by atoms with E-state index < -0.39 is 33.2 Å². The third kappa shape index (κ3) is 6.23. The summed E-state index contributed by atoms with van der Waals surface area (Å²) in [6.45, 7) is 3.08. The molecule has 1 fully saturated rings. The minimum absolute atomic E-state index is 0.00235. The Bertz CT molecular complexity index is 795. The topological polar surface area (TPSA) is 70.6 Å². The van der Waals surface area contributed by atoms with E-state index in [0.29, 0.717) is 19.5 Å². The summed E-state index contributed by atoms with van der Waals surface area (Å²) in [4.78, 5) is 19.2. The van der Waals surface area contributed by atoms with Gasteiger partial charge in [0, 0.05) is 32.4 Å². The van der Waals surface area contributed by atoms with E-state index in [4.69, 9.17) is 11.6 Å². The zero-order chi connectivity index (χ0) is 20.9. The molecule has 2 heterocycles. The summed E-state index contributed by atoms with van der Waals surface area (Å²) in [5.41, 5.74) is -0.927. The van der Waals surface area contributed by atoms with Gasteiger partial charge in [-0.25, -0.2) is 13.4 Å². The molecule has 0 aliphatic carbocycles. The third-order valence-corrected chi connectivity index (χ3v) is 6.36. The lowest BCUT2D eigenvalue weighted by Crippen LogP contribution is -2.50. The highest BCUT2D eigenvalue weighted by atomic mass is 35.5.